The largest absolute Gasteiger partial charge is 0.487 e. The van der Waals surface area contributed by atoms with E-state index in [0.717, 1.165) is 12.3 Å². The number of nitrogens with one attached hydrogen (secondary N) is 1. The van der Waals surface area contributed by atoms with Crippen LogP contribution in [0.4, 0.5) is 0 Å². The molecule has 0 unspecified atom stereocenters. The number of ether oxygens (including phenoxy) is 1. The molecule has 0 aromatic heterocycles. The van der Waals surface area contributed by atoms with Crippen LogP contribution in [0.5, 0.6) is 0 Å². The SMILES string of the molecule is CNCCOC(=O)[C-](CC(C)C)C(C)C.[Y]. The Morgan fingerprint density at radius 3 is 2.25 bits per heavy atom. The summed E-state index contributed by atoms with van der Waals surface area (Å²) in [5.74, 6) is 1.55. The number of hydrogen-bond acceptors (Lipinski definition) is 3. The zero-order valence-corrected chi connectivity index (χ0v) is 14.0. The molecule has 0 heterocycles. The van der Waals surface area contributed by atoms with Crippen LogP contribution >= 0.6 is 0 Å². The van der Waals surface area contributed by atoms with Crippen LogP contribution in [0.15, 0.2) is 0 Å². The number of carbonyl (C=O) groups is 1. The molecular formula is C12H24NO2Y-. The maximum atomic E-state index is 11.7. The number of hydrogen-bond donors (Lipinski definition) is 1. The molecule has 0 saturated carbocycles. The molecular weight excluding hydrogens is 279 g/mol. The van der Waals surface area contributed by atoms with Gasteiger partial charge in [-0.15, -0.1) is 5.92 Å². The first kappa shape index (κ1) is 18.8. The van der Waals surface area contributed by atoms with Crippen molar-refractivity contribution in [3.63, 3.8) is 0 Å². The topological polar surface area (TPSA) is 38.3 Å². The van der Waals surface area contributed by atoms with Crippen molar-refractivity contribution < 1.29 is 42.2 Å². The van der Waals surface area contributed by atoms with Gasteiger partial charge in [-0.25, -0.2) is 0 Å². The Morgan fingerprint density at radius 2 is 1.88 bits per heavy atom. The number of esters is 1. The molecule has 0 aromatic carbocycles. The summed E-state index contributed by atoms with van der Waals surface area (Å²) < 4.78 is 5.17. The van der Waals surface area contributed by atoms with E-state index in [1.54, 1.807) is 0 Å². The summed E-state index contributed by atoms with van der Waals surface area (Å²) in [5.41, 5.74) is 0. The van der Waals surface area contributed by atoms with Crippen molar-refractivity contribution in [2.24, 2.45) is 11.8 Å². The second-order valence-electron chi connectivity index (χ2n) is 4.52. The average molecular weight is 303 g/mol. The standard InChI is InChI=1S/C12H24NO2.Y/c1-9(2)8-11(10(3)4)12(14)15-7-6-13-5;/h9-10,13H,6-8H2,1-5H3;/q-1;. The number of likely N-dealkylation sites (N-methyl/N-ethyl adjacent to an activating group) is 1. The predicted octanol–water partition coefficient (Wildman–Crippen LogP) is 2.02. The number of carbonyl (C=O) groups excluding carboxylic acids is 1. The monoisotopic (exact) mass is 303 g/mol. The molecule has 3 nitrogen and oxygen atoms in total. The summed E-state index contributed by atoms with van der Waals surface area (Å²) in [6, 6.07) is 0. The average Bonchev–Trinajstić information content (AvgIpc) is 2.13. The van der Waals surface area contributed by atoms with Crippen molar-refractivity contribution in [3.05, 3.63) is 5.92 Å². The van der Waals surface area contributed by atoms with Gasteiger partial charge in [0.2, 0.25) is 0 Å². The van der Waals surface area contributed by atoms with Gasteiger partial charge in [0.15, 0.2) is 5.97 Å². The Morgan fingerprint density at radius 1 is 1.31 bits per heavy atom. The van der Waals surface area contributed by atoms with Crippen molar-refractivity contribution in [2.75, 3.05) is 20.2 Å². The van der Waals surface area contributed by atoms with E-state index in [2.05, 4.69) is 19.2 Å². The van der Waals surface area contributed by atoms with Gasteiger partial charge < -0.3 is 10.1 Å². The van der Waals surface area contributed by atoms with Gasteiger partial charge in [0, 0.05) is 39.3 Å². The van der Waals surface area contributed by atoms with Crippen LogP contribution in [0.3, 0.4) is 0 Å². The van der Waals surface area contributed by atoms with Crippen LogP contribution in [-0.2, 0) is 42.2 Å². The third kappa shape index (κ3) is 8.54. The normalized spacial score (nSPS) is 10.2. The summed E-state index contributed by atoms with van der Waals surface area (Å²) in [5, 5.41) is 2.95. The van der Waals surface area contributed by atoms with Crippen LogP contribution in [0.2, 0.25) is 0 Å². The molecule has 0 aliphatic rings. The fraction of sp³-hybridized carbons (Fsp3) is 0.833. The van der Waals surface area contributed by atoms with E-state index in [1.807, 2.05) is 20.9 Å². The van der Waals surface area contributed by atoms with Crippen LogP contribution < -0.4 is 5.32 Å². The molecule has 1 N–H and O–H groups in total. The van der Waals surface area contributed by atoms with E-state index < -0.39 is 0 Å². The molecule has 0 aromatic rings. The third-order valence-corrected chi connectivity index (χ3v) is 2.17. The zero-order valence-electron chi connectivity index (χ0n) is 11.2. The molecule has 0 fully saturated rings. The molecule has 0 aliphatic heterocycles. The summed E-state index contributed by atoms with van der Waals surface area (Å²) in [6.07, 6.45) is 0.829. The third-order valence-electron chi connectivity index (χ3n) is 2.17. The molecule has 0 spiro atoms. The van der Waals surface area contributed by atoms with Crippen molar-refractivity contribution in [2.45, 2.75) is 34.1 Å². The van der Waals surface area contributed by atoms with Crippen molar-refractivity contribution >= 4 is 5.97 Å². The zero-order chi connectivity index (χ0) is 11.8. The predicted molar refractivity (Wildman–Crippen MR) is 62.4 cm³/mol. The van der Waals surface area contributed by atoms with Gasteiger partial charge in [-0.2, -0.15) is 6.42 Å². The van der Waals surface area contributed by atoms with Crippen molar-refractivity contribution in [3.8, 4) is 0 Å². The quantitative estimate of drug-likeness (QED) is 0.444. The summed E-state index contributed by atoms with van der Waals surface area (Å²) >= 11 is 0. The summed E-state index contributed by atoms with van der Waals surface area (Å²) in [4.78, 5) is 11.7. The van der Waals surface area contributed by atoms with Gasteiger partial charge in [0.25, 0.3) is 0 Å². The first-order valence-corrected chi connectivity index (χ1v) is 5.66. The van der Waals surface area contributed by atoms with Gasteiger partial charge in [0.1, 0.15) is 6.61 Å². The molecule has 93 valence electrons. The minimum Gasteiger partial charge on any atom is -0.487 e. The molecule has 16 heavy (non-hydrogen) atoms. The second-order valence-corrected chi connectivity index (χ2v) is 4.52. The van der Waals surface area contributed by atoms with E-state index in [1.165, 1.54) is 0 Å². The molecule has 0 bridgehead atoms. The maximum absolute atomic E-state index is 11.7. The van der Waals surface area contributed by atoms with Crippen LogP contribution in [-0.4, -0.2) is 26.2 Å². The van der Waals surface area contributed by atoms with E-state index in [9.17, 15) is 4.79 Å². The van der Waals surface area contributed by atoms with E-state index in [4.69, 9.17) is 4.74 Å². The Balaban J connectivity index is 0. The molecule has 4 heteroatoms. The second kappa shape index (κ2) is 10.6. The summed E-state index contributed by atoms with van der Waals surface area (Å²) in [7, 11) is 1.84. The Labute approximate surface area is 125 Å². The van der Waals surface area contributed by atoms with E-state index >= 15 is 0 Å². The first-order valence-electron chi connectivity index (χ1n) is 5.66. The maximum Gasteiger partial charge on any atom is 0.170 e. The van der Waals surface area contributed by atoms with E-state index in [0.29, 0.717) is 19.1 Å². The van der Waals surface area contributed by atoms with Gasteiger partial charge >= 0.3 is 0 Å². The van der Waals surface area contributed by atoms with Crippen LogP contribution in [0, 0.1) is 17.8 Å². The number of rotatable bonds is 7. The van der Waals surface area contributed by atoms with Crippen molar-refractivity contribution in [1.82, 2.24) is 5.32 Å². The van der Waals surface area contributed by atoms with Gasteiger partial charge in [0.05, 0.1) is 0 Å². The summed E-state index contributed by atoms with van der Waals surface area (Å²) in [6.45, 7) is 9.46. The minimum absolute atomic E-state index is 0. The Bertz CT molecular complexity index is 184. The van der Waals surface area contributed by atoms with Crippen molar-refractivity contribution in [1.29, 1.82) is 0 Å². The van der Waals surface area contributed by atoms with Crippen LogP contribution in [0.25, 0.3) is 0 Å². The van der Waals surface area contributed by atoms with Gasteiger partial charge in [-0.3, -0.25) is 10.7 Å². The fourth-order valence-corrected chi connectivity index (χ4v) is 1.33. The molecule has 0 aliphatic carbocycles. The minimum atomic E-state index is -0.131. The molecule has 0 amide bonds. The Hall–Kier alpha value is 0.404. The molecule has 0 saturated heterocycles. The smallest absolute Gasteiger partial charge is 0.170 e. The fourth-order valence-electron chi connectivity index (χ4n) is 1.33. The first-order chi connectivity index (χ1) is 6.99. The van der Waals surface area contributed by atoms with Crippen LogP contribution in [0.1, 0.15) is 34.1 Å². The van der Waals surface area contributed by atoms with E-state index in [-0.39, 0.29) is 44.6 Å². The molecule has 0 rings (SSSR count). The Kier molecular flexibility index (Phi) is 12.4. The van der Waals surface area contributed by atoms with Gasteiger partial charge in [-0.05, 0) is 7.05 Å². The molecule has 0 atom stereocenters. The van der Waals surface area contributed by atoms with Gasteiger partial charge in [-0.1, -0.05) is 33.6 Å². The molecule has 1 radical (unpaired) electrons.